The molecule has 0 saturated carbocycles. The van der Waals surface area contributed by atoms with Gasteiger partial charge in [-0.2, -0.15) is 0 Å². The standard InChI is InChI=1S/C15H18Cl2N2S/c1-8(12-5-6-13(16)14(17)7-12)18-9(2)15-10(3)20-11(4)19-15/h5-9,18H,1-4H3. The van der Waals surface area contributed by atoms with Crippen LogP contribution in [0, 0.1) is 13.8 Å². The number of nitrogens with one attached hydrogen (secondary N) is 1. The van der Waals surface area contributed by atoms with Crippen LogP contribution in [0.3, 0.4) is 0 Å². The Labute approximate surface area is 134 Å². The lowest BCUT2D eigenvalue weighted by Crippen LogP contribution is -2.23. The van der Waals surface area contributed by atoms with Gasteiger partial charge in [0.05, 0.1) is 20.7 Å². The molecule has 0 amide bonds. The first-order valence-electron chi connectivity index (χ1n) is 6.53. The first-order chi connectivity index (χ1) is 9.38. The third-order valence-corrected chi connectivity index (χ3v) is 4.93. The van der Waals surface area contributed by atoms with E-state index in [1.807, 2.05) is 25.1 Å². The summed E-state index contributed by atoms with van der Waals surface area (Å²) >= 11 is 13.8. The number of aryl methyl sites for hydroxylation is 2. The van der Waals surface area contributed by atoms with Crippen molar-refractivity contribution in [3.8, 4) is 0 Å². The van der Waals surface area contributed by atoms with E-state index in [0.717, 1.165) is 16.3 Å². The van der Waals surface area contributed by atoms with Crippen LogP contribution < -0.4 is 5.32 Å². The summed E-state index contributed by atoms with van der Waals surface area (Å²) in [5.41, 5.74) is 2.25. The molecule has 0 fully saturated rings. The van der Waals surface area contributed by atoms with E-state index < -0.39 is 0 Å². The van der Waals surface area contributed by atoms with Gasteiger partial charge in [0.25, 0.3) is 0 Å². The second kappa shape index (κ2) is 6.44. The minimum Gasteiger partial charge on any atom is -0.302 e. The molecule has 5 heteroatoms. The summed E-state index contributed by atoms with van der Waals surface area (Å²) in [7, 11) is 0. The van der Waals surface area contributed by atoms with Crippen LogP contribution in [0.25, 0.3) is 0 Å². The summed E-state index contributed by atoms with van der Waals surface area (Å²) in [6.45, 7) is 8.40. The summed E-state index contributed by atoms with van der Waals surface area (Å²) in [5.74, 6) is 0. The van der Waals surface area contributed by atoms with Gasteiger partial charge in [-0.05, 0) is 45.4 Å². The summed E-state index contributed by atoms with van der Waals surface area (Å²) in [5, 5.41) is 5.83. The molecule has 20 heavy (non-hydrogen) atoms. The molecular weight excluding hydrogens is 311 g/mol. The lowest BCUT2D eigenvalue weighted by Gasteiger charge is -2.20. The van der Waals surface area contributed by atoms with E-state index in [2.05, 4.69) is 31.1 Å². The highest BCUT2D eigenvalue weighted by Gasteiger charge is 2.16. The van der Waals surface area contributed by atoms with Gasteiger partial charge in [0.1, 0.15) is 0 Å². The van der Waals surface area contributed by atoms with Gasteiger partial charge in [0, 0.05) is 17.0 Å². The number of nitrogens with zero attached hydrogens (tertiary/aromatic N) is 1. The minimum atomic E-state index is 0.182. The van der Waals surface area contributed by atoms with Crippen LogP contribution in [-0.2, 0) is 0 Å². The van der Waals surface area contributed by atoms with E-state index in [-0.39, 0.29) is 12.1 Å². The summed E-state index contributed by atoms with van der Waals surface area (Å²) < 4.78 is 0. The average molecular weight is 329 g/mol. The topological polar surface area (TPSA) is 24.9 Å². The van der Waals surface area contributed by atoms with Crippen LogP contribution in [0.5, 0.6) is 0 Å². The van der Waals surface area contributed by atoms with Gasteiger partial charge in [-0.3, -0.25) is 0 Å². The van der Waals surface area contributed by atoms with E-state index in [1.54, 1.807) is 11.3 Å². The SMILES string of the molecule is Cc1nc(C(C)NC(C)c2ccc(Cl)c(Cl)c2)c(C)s1. The molecule has 0 aliphatic heterocycles. The quantitative estimate of drug-likeness (QED) is 0.803. The van der Waals surface area contributed by atoms with Crippen molar-refractivity contribution in [2.45, 2.75) is 39.8 Å². The Hall–Kier alpha value is -0.610. The predicted molar refractivity (Wildman–Crippen MR) is 88.0 cm³/mol. The van der Waals surface area contributed by atoms with Crippen molar-refractivity contribution < 1.29 is 0 Å². The molecule has 2 rings (SSSR count). The predicted octanol–water partition coefficient (Wildman–Crippen LogP) is 5.48. The smallest absolute Gasteiger partial charge is 0.0900 e. The Morgan fingerprint density at radius 2 is 1.80 bits per heavy atom. The highest BCUT2D eigenvalue weighted by atomic mass is 35.5. The van der Waals surface area contributed by atoms with Gasteiger partial charge < -0.3 is 5.32 Å². The summed E-state index contributed by atoms with van der Waals surface area (Å²) in [6, 6.07) is 6.12. The number of thiazole rings is 1. The first-order valence-corrected chi connectivity index (χ1v) is 8.10. The van der Waals surface area contributed by atoms with Gasteiger partial charge in [-0.25, -0.2) is 4.98 Å². The molecule has 2 nitrogen and oxygen atoms in total. The number of hydrogen-bond acceptors (Lipinski definition) is 3. The number of benzene rings is 1. The maximum atomic E-state index is 6.07. The first kappa shape index (κ1) is 15.8. The van der Waals surface area contributed by atoms with Gasteiger partial charge >= 0.3 is 0 Å². The number of aromatic nitrogens is 1. The van der Waals surface area contributed by atoms with Crippen molar-refractivity contribution in [1.82, 2.24) is 10.3 Å². The van der Waals surface area contributed by atoms with Gasteiger partial charge in [-0.15, -0.1) is 11.3 Å². The molecule has 1 N–H and O–H groups in total. The maximum Gasteiger partial charge on any atom is 0.0900 e. The number of halogens is 2. The second-order valence-electron chi connectivity index (χ2n) is 4.96. The molecule has 0 saturated heterocycles. The Morgan fingerprint density at radius 3 is 2.35 bits per heavy atom. The Balaban J connectivity index is 2.12. The third kappa shape index (κ3) is 3.53. The van der Waals surface area contributed by atoms with Crippen molar-refractivity contribution >= 4 is 34.5 Å². The molecule has 0 aliphatic rings. The van der Waals surface area contributed by atoms with E-state index in [1.165, 1.54) is 4.88 Å². The molecule has 0 radical (unpaired) electrons. The number of rotatable bonds is 4. The van der Waals surface area contributed by atoms with E-state index in [9.17, 15) is 0 Å². The molecule has 1 aromatic heterocycles. The van der Waals surface area contributed by atoms with Crippen LogP contribution >= 0.6 is 34.5 Å². The molecule has 2 aromatic rings. The Kier molecular flexibility index (Phi) is 5.08. The molecule has 0 spiro atoms. The molecule has 0 bridgehead atoms. The minimum absolute atomic E-state index is 0.182. The van der Waals surface area contributed by atoms with Crippen LogP contribution in [-0.4, -0.2) is 4.98 Å². The lowest BCUT2D eigenvalue weighted by atomic mass is 10.1. The van der Waals surface area contributed by atoms with Gasteiger partial charge in [-0.1, -0.05) is 29.3 Å². The lowest BCUT2D eigenvalue weighted by molar-refractivity contribution is 0.486. The van der Waals surface area contributed by atoms with Crippen molar-refractivity contribution in [3.63, 3.8) is 0 Å². The molecule has 1 aromatic carbocycles. The van der Waals surface area contributed by atoms with E-state index >= 15 is 0 Å². The average Bonchev–Trinajstić information content (AvgIpc) is 2.71. The summed E-state index contributed by atoms with van der Waals surface area (Å²) in [6.07, 6.45) is 0. The Bertz CT molecular complexity index is 610. The fourth-order valence-electron chi connectivity index (χ4n) is 2.28. The fraction of sp³-hybridized carbons (Fsp3) is 0.400. The van der Waals surface area contributed by atoms with E-state index in [4.69, 9.17) is 23.2 Å². The highest BCUT2D eigenvalue weighted by Crippen LogP contribution is 2.28. The molecular formula is C15H18Cl2N2S. The van der Waals surface area contributed by atoms with Crippen LogP contribution in [0.15, 0.2) is 18.2 Å². The molecule has 1 heterocycles. The van der Waals surface area contributed by atoms with Gasteiger partial charge in [0.2, 0.25) is 0 Å². The largest absolute Gasteiger partial charge is 0.302 e. The molecule has 2 atom stereocenters. The Morgan fingerprint density at radius 1 is 1.10 bits per heavy atom. The fourth-order valence-corrected chi connectivity index (χ4v) is 3.50. The van der Waals surface area contributed by atoms with E-state index in [0.29, 0.717) is 10.0 Å². The molecule has 0 aliphatic carbocycles. The van der Waals surface area contributed by atoms with Crippen molar-refractivity contribution in [2.24, 2.45) is 0 Å². The van der Waals surface area contributed by atoms with Crippen molar-refractivity contribution in [1.29, 1.82) is 0 Å². The zero-order valence-electron chi connectivity index (χ0n) is 12.0. The zero-order chi connectivity index (χ0) is 14.9. The molecule has 2 unspecified atom stereocenters. The van der Waals surface area contributed by atoms with Crippen molar-refractivity contribution in [3.05, 3.63) is 49.4 Å². The zero-order valence-corrected chi connectivity index (χ0v) is 14.3. The van der Waals surface area contributed by atoms with Gasteiger partial charge in [0.15, 0.2) is 0 Å². The van der Waals surface area contributed by atoms with Crippen LogP contribution in [0.4, 0.5) is 0 Å². The second-order valence-corrected chi connectivity index (χ2v) is 7.18. The van der Waals surface area contributed by atoms with Crippen molar-refractivity contribution in [2.75, 3.05) is 0 Å². The monoisotopic (exact) mass is 328 g/mol. The van der Waals surface area contributed by atoms with Crippen LogP contribution in [0.2, 0.25) is 10.0 Å². The maximum absolute atomic E-state index is 6.07. The number of hydrogen-bond donors (Lipinski definition) is 1. The highest BCUT2D eigenvalue weighted by molar-refractivity contribution is 7.11. The summed E-state index contributed by atoms with van der Waals surface area (Å²) in [4.78, 5) is 5.86. The van der Waals surface area contributed by atoms with Crippen LogP contribution in [0.1, 0.15) is 47.1 Å². The normalized spacial score (nSPS) is 14.3. The molecule has 108 valence electrons. The third-order valence-electron chi connectivity index (χ3n) is 3.29.